The molecule has 2 aliphatic heterocycles. The van der Waals surface area contributed by atoms with E-state index in [1.54, 1.807) is 12.1 Å². The lowest BCUT2D eigenvalue weighted by Gasteiger charge is -2.29. The molecule has 2 saturated carbocycles. The van der Waals surface area contributed by atoms with Gasteiger partial charge in [0.05, 0.1) is 21.2 Å². The monoisotopic (exact) mass is 572 g/mol. The summed E-state index contributed by atoms with van der Waals surface area (Å²) in [4.78, 5) is 28.9. The third kappa shape index (κ3) is 4.62. The molecule has 8 nitrogen and oxygen atoms in total. The van der Waals surface area contributed by atoms with Crippen LogP contribution in [0.3, 0.4) is 0 Å². The van der Waals surface area contributed by atoms with Crippen molar-refractivity contribution >= 4 is 38.9 Å². The summed E-state index contributed by atoms with van der Waals surface area (Å²) < 4.78 is 68.6. The van der Waals surface area contributed by atoms with Crippen LogP contribution in [0.25, 0.3) is 0 Å². The zero-order valence-electron chi connectivity index (χ0n) is 20.6. The van der Waals surface area contributed by atoms with Crippen molar-refractivity contribution < 1.29 is 31.2 Å². The van der Waals surface area contributed by atoms with Gasteiger partial charge in [-0.15, -0.1) is 0 Å². The highest BCUT2D eigenvalue weighted by molar-refractivity contribution is 7.92. The van der Waals surface area contributed by atoms with Crippen LogP contribution >= 0.6 is 11.6 Å². The molecule has 2 aliphatic carbocycles. The normalized spacial score (nSPS) is 26.0. The molecule has 1 aromatic rings. The van der Waals surface area contributed by atoms with E-state index < -0.39 is 69.5 Å². The van der Waals surface area contributed by atoms with E-state index in [4.69, 9.17) is 11.6 Å². The summed E-state index contributed by atoms with van der Waals surface area (Å²) in [5.74, 6) is -2.11. The number of hydrogen-bond donors (Lipinski definition) is 1. The van der Waals surface area contributed by atoms with Crippen LogP contribution in [0.2, 0.25) is 5.02 Å². The van der Waals surface area contributed by atoms with Gasteiger partial charge in [-0.1, -0.05) is 11.6 Å². The first-order valence-corrected chi connectivity index (χ1v) is 14.7. The van der Waals surface area contributed by atoms with Crippen LogP contribution < -0.4 is 10.2 Å². The van der Waals surface area contributed by atoms with Crippen LogP contribution in [0.4, 0.5) is 18.9 Å². The minimum atomic E-state index is -4.82. The molecule has 0 spiro atoms. The Labute approximate surface area is 224 Å². The Kier molecular flexibility index (Phi) is 6.62. The molecule has 2 atom stereocenters. The van der Waals surface area contributed by atoms with Crippen molar-refractivity contribution in [3.05, 3.63) is 23.2 Å². The number of amides is 2. The lowest BCUT2D eigenvalue weighted by atomic mass is 10.0. The third-order valence-electron chi connectivity index (χ3n) is 8.24. The van der Waals surface area contributed by atoms with Gasteiger partial charge in [0, 0.05) is 25.3 Å². The van der Waals surface area contributed by atoms with Crippen LogP contribution in [-0.2, 0) is 19.4 Å². The second-order valence-electron chi connectivity index (χ2n) is 10.8. The van der Waals surface area contributed by atoms with Gasteiger partial charge < -0.3 is 15.1 Å². The molecule has 2 amide bonds. The number of hydrogen-bond acceptors (Lipinski definition) is 6. The zero-order chi connectivity index (χ0) is 27.5. The number of carbonyl (C=O) groups is 2. The number of nitriles is 1. The first kappa shape index (κ1) is 27.1. The van der Waals surface area contributed by atoms with Crippen molar-refractivity contribution in [2.45, 2.75) is 79.3 Å². The molecule has 2 saturated heterocycles. The molecule has 38 heavy (non-hydrogen) atoms. The lowest BCUT2D eigenvalue weighted by molar-refractivity contribution is -0.199. The number of likely N-dealkylation sites (tertiary alicyclic amines) is 1. The van der Waals surface area contributed by atoms with Gasteiger partial charge in [0.15, 0.2) is 9.84 Å². The van der Waals surface area contributed by atoms with Crippen molar-refractivity contribution in [1.29, 1.82) is 5.26 Å². The summed E-state index contributed by atoms with van der Waals surface area (Å²) in [7, 11) is -4.21. The molecule has 4 aliphatic rings. The number of alkyl halides is 3. The molecule has 206 valence electrons. The molecule has 1 aromatic carbocycles. The average Bonchev–Trinajstić information content (AvgIpc) is 3.80. The lowest BCUT2D eigenvalue weighted by Crippen LogP contribution is -2.53. The fourth-order valence-electron chi connectivity index (χ4n) is 5.47. The van der Waals surface area contributed by atoms with E-state index in [2.05, 4.69) is 10.2 Å². The Morgan fingerprint density at radius 1 is 1.11 bits per heavy atom. The molecule has 0 unspecified atom stereocenters. The van der Waals surface area contributed by atoms with Gasteiger partial charge >= 0.3 is 6.18 Å². The number of anilines is 1. The van der Waals surface area contributed by atoms with Crippen molar-refractivity contribution in [2.75, 3.05) is 24.5 Å². The van der Waals surface area contributed by atoms with Crippen LogP contribution in [0.5, 0.6) is 0 Å². The van der Waals surface area contributed by atoms with Gasteiger partial charge in [0.1, 0.15) is 17.0 Å². The van der Waals surface area contributed by atoms with Gasteiger partial charge in [0.25, 0.3) is 0 Å². The smallest absolute Gasteiger partial charge is 0.371 e. The number of nitrogens with one attached hydrogen (secondary N) is 1. The van der Waals surface area contributed by atoms with E-state index in [-0.39, 0.29) is 16.3 Å². The number of rotatable bonds is 6. The molecule has 4 fully saturated rings. The molecular formula is C25H28ClF3N4O4S. The van der Waals surface area contributed by atoms with Crippen molar-refractivity contribution in [3.8, 4) is 6.07 Å². The summed E-state index contributed by atoms with van der Waals surface area (Å²) in [5.41, 5.74) is -2.96. The van der Waals surface area contributed by atoms with Crippen molar-refractivity contribution in [2.24, 2.45) is 5.41 Å². The Morgan fingerprint density at radius 2 is 1.76 bits per heavy atom. The van der Waals surface area contributed by atoms with E-state index in [0.717, 1.165) is 42.9 Å². The number of halogens is 4. The second-order valence-corrected chi connectivity index (χ2v) is 13.4. The van der Waals surface area contributed by atoms with E-state index in [1.165, 1.54) is 6.07 Å². The zero-order valence-corrected chi connectivity index (χ0v) is 22.1. The Hall–Kier alpha value is -2.52. The highest BCUT2D eigenvalue weighted by Crippen LogP contribution is 2.59. The maximum Gasteiger partial charge on any atom is 0.403 e. The number of nitrogens with zero attached hydrogens (tertiary/aromatic N) is 3. The summed E-state index contributed by atoms with van der Waals surface area (Å²) in [6.07, 6.45) is -2.13. The molecule has 0 aromatic heterocycles. The third-order valence-corrected chi connectivity index (χ3v) is 10.8. The summed E-state index contributed by atoms with van der Waals surface area (Å²) in [6.45, 7) is 1.08. The van der Waals surface area contributed by atoms with Crippen molar-refractivity contribution in [3.63, 3.8) is 0 Å². The predicted octanol–water partition coefficient (Wildman–Crippen LogP) is 3.59. The topological polar surface area (TPSA) is 111 Å². The predicted molar refractivity (Wildman–Crippen MR) is 132 cm³/mol. The van der Waals surface area contributed by atoms with E-state index in [0.29, 0.717) is 12.8 Å². The minimum absolute atomic E-state index is 0.0192. The van der Waals surface area contributed by atoms with E-state index in [9.17, 15) is 36.4 Å². The average molecular weight is 573 g/mol. The van der Waals surface area contributed by atoms with Gasteiger partial charge in [-0.2, -0.15) is 18.4 Å². The van der Waals surface area contributed by atoms with E-state index >= 15 is 0 Å². The SMILES string of the molecule is N#CC1(NC(=O)[C@@H]2C[C@@H](S(=O)(=O)c3ccc(N4CCCCC4)cc3Cl)CN2C(=O)C2(C(F)(F)F)CC2)CC1. The van der Waals surface area contributed by atoms with Crippen LogP contribution in [0.15, 0.2) is 23.1 Å². The standard InChI is InChI=1S/C25H28ClF3N4O4S/c26-18-12-16(32-10-2-1-3-11-32)4-5-20(18)38(36,37)17-13-19(21(34)31-23(15-30)6-7-23)33(14-17)22(35)24(8-9-24)25(27,28)29/h4-5,12,17,19H,1-3,6-11,13-14H2,(H,31,34)/t17-,19+/m1/s1. The molecule has 1 N–H and O–H groups in total. The first-order valence-electron chi connectivity index (χ1n) is 12.7. The number of carbonyl (C=O) groups excluding carboxylic acids is 2. The summed E-state index contributed by atoms with van der Waals surface area (Å²) >= 11 is 6.42. The largest absolute Gasteiger partial charge is 0.403 e. The second kappa shape index (κ2) is 9.30. The fourth-order valence-corrected chi connectivity index (χ4v) is 7.71. The minimum Gasteiger partial charge on any atom is -0.371 e. The van der Waals surface area contributed by atoms with Crippen LogP contribution in [0.1, 0.15) is 51.4 Å². The maximum atomic E-state index is 13.8. The first-order chi connectivity index (χ1) is 17.8. The Bertz CT molecular complexity index is 1300. The molecule has 5 rings (SSSR count). The summed E-state index contributed by atoms with van der Waals surface area (Å²) in [6, 6.07) is 5.12. The van der Waals surface area contributed by atoms with E-state index in [1.807, 2.05) is 6.07 Å². The number of piperidine rings is 1. The molecule has 2 heterocycles. The highest BCUT2D eigenvalue weighted by atomic mass is 35.5. The quantitative estimate of drug-likeness (QED) is 0.558. The molecule has 13 heteroatoms. The van der Waals surface area contributed by atoms with Crippen molar-refractivity contribution in [1.82, 2.24) is 10.2 Å². The van der Waals surface area contributed by atoms with Gasteiger partial charge in [0.2, 0.25) is 11.8 Å². The molecular weight excluding hydrogens is 545 g/mol. The van der Waals surface area contributed by atoms with Gasteiger partial charge in [-0.05, 0) is 69.6 Å². The number of benzene rings is 1. The number of sulfone groups is 1. The Morgan fingerprint density at radius 3 is 2.29 bits per heavy atom. The summed E-state index contributed by atoms with van der Waals surface area (Å²) in [5, 5.41) is 10.5. The maximum absolute atomic E-state index is 13.8. The van der Waals surface area contributed by atoms with Crippen LogP contribution in [-0.4, -0.2) is 67.8 Å². The Balaban J connectivity index is 1.43. The molecule has 0 bridgehead atoms. The fraction of sp³-hybridized carbons (Fsp3) is 0.640. The van der Waals surface area contributed by atoms with Crippen LogP contribution in [0, 0.1) is 16.7 Å². The molecule has 0 radical (unpaired) electrons. The van der Waals surface area contributed by atoms with Gasteiger partial charge in [-0.25, -0.2) is 8.42 Å². The van der Waals surface area contributed by atoms with Gasteiger partial charge in [-0.3, -0.25) is 9.59 Å². The highest BCUT2D eigenvalue weighted by Gasteiger charge is 2.70.